The minimum absolute atomic E-state index is 0.0193. The predicted molar refractivity (Wildman–Crippen MR) is 128 cm³/mol. The number of esters is 1. The fraction of sp³-hybridized carbons (Fsp3) is 0.346. The number of phenolic OH excluding ortho intramolecular Hbond substituents is 1. The Morgan fingerprint density at radius 3 is 2.67 bits per heavy atom. The molecule has 0 aromatic heterocycles. The van der Waals surface area contributed by atoms with Gasteiger partial charge in [-0.25, -0.2) is 4.79 Å². The van der Waals surface area contributed by atoms with Gasteiger partial charge in [-0.3, -0.25) is 9.79 Å². The molecule has 33 heavy (non-hydrogen) atoms. The predicted octanol–water partition coefficient (Wildman–Crippen LogP) is 5.48. The number of hydrogen-bond acceptors (Lipinski definition) is 6. The standard InChI is InChI=1S/C26H26BrNO5/c1-3-32-21-13-17(12-18(27)25(21)30)23-22(26(31)33-14-16-8-5-4-6-9-16)15(2)28-19-10-7-11-20(29)24(19)23/h4-6,8-9,12-13,23-24,30H,3,7,10-11,14H2,1-2H3/t23-,24?/m1/s1. The van der Waals surface area contributed by atoms with Crippen LogP contribution < -0.4 is 4.74 Å². The highest BCUT2D eigenvalue weighted by Crippen LogP contribution is 2.46. The lowest BCUT2D eigenvalue weighted by atomic mass is 9.69. The topological polar surface area (TPSA) is 85.2 Å². The number of phenols is 1. The lowest BCUT2D eigenvalue weighted by molar-refractivity contribution is -0.140. The summed E-state index contributed by atoms with van der Waals surface area (Å²) in [5.41, 5.74) is 3.30. The van der Waals surface area contributed by atoms with Crippen molar-refractivity contribution in [1.29, 1.82) is 0 Å². The van der Waals surface area contributed by atoms with Crippen LogP contribution in [-0.2, 0) is 20.9 Å². The van der Waals surface area contributed by atoms with Crippen LogP contribution in [0.15, 0.2) is 63.2 Å². The number of hydrogen-bond donors (Lipinski definition) is 1. The lowest BCUT2D eigenvalue weighted by Crippen LogP contribution is -2.39. The van der Waals surface area contributed by atoms with E-state index < -0.39 is 17.8 Å². The van der Waals surface area contributed by atoms with Crippen LogP contribution in [0.5, 0.6) is 11.5 Å². The van der Waals surface area contributed by atoms with Crippen molar-refractivity contribution in [1.82, 2.24) is 0 Å². The summed E-state index contributed by atoms with van der Waals surface area (Å²) in [5.74, 6) is -1.26. The number of ketones is 1. The number of allylic oxidation sites excluding steroid dienone is 1. The Morgan fingerprint density at radius 2 is 1.94 bits per heavy atom. The maximum Gasteiger partial charge on any atom is 0.336 e. The molecule has 172 valence electrons. The summed E-state index contributed by atoms with van der Waals surface area (Å²) in [6, 6.07) is 12.9. The van der Waals surface area contributed by atoms with E-state index in [1.807, 2.05) is 37.3 Å². The van der Waals surface area contributed by atoms with Crippen molar-refractivity contribution < 1.29 is 24.2 Å². The fourth-order valence-electron chi connectivity index (χ4n) is 4.59. The van der Waals surface area contributed by atoms with E-state index in [1.165, 1.54) is 0 Å². The Hall–Kier alpha value is -2.93. The molecule has 1 aliphatic carbocycles. The van der Waals surface area contributed by atoms with Gasteiger partial charge < -0.3 is 14.6 Å². The maximum atomic E-state index is 13.4. The van der Waals surface area contributed by atoms with Crippen LogP contribution in [0.25, 0.3) is 0 Å². The minimum atomic E-state index is -0.565. The zero-order chi connectivity index (χ0) is 23.5. The Bertz CT molecular complexity index is 1140. The maximum absolute atomic E-state index is 13.4. The molecule has 1 saturated carbocycles. The summed E-state index contributed by atoms with van der Waals surface area (Å²) in [5, 5.41) is 10.4. The van der Waals surface area contributed by atoms with Gasteiger partial charge in [0.15, 0.2) is 11.5 Å². The van der Waals surface area contributed by atoms with Crippen LogP contribution in [0.1, 0.15) is 50.2 Å². The molecule has 1 unspecified atom stereocenters. The van der Waals surface area contributed by atoms with Crippen molar-refractivity contribution in [3.8, 4) is 11.5 Å². The SMILES string of the molecule is CCOc1cc([C@@H]2C(C(=O)OCc3ccccc3)=C(C)N=C3CCCC(=O)C32)cc(Br)c1O. The number of benzene rings is 2. The van der Waals surface area contributed by atoms with Crippen molar-refractivity contribution in [2.24, 2.45) is 10.9 Å². The number of ether oxygens (including phenoxy) is 2. The minimum Gasteiger partial charge on any atom is -0.503 e. The third kappa shape index (κ3) is 4.74. The number of nitrogens with zero attached hydrogens (tertiary/aromatic N) is 1. The number of halogens is 1. The van der Waals surface area contributed by atoms with Crippen LogP contribution >= 0.6 is 15.9 Å². The van der Waals surface area contributed by atoms with Crippen molar-refractivity contribution in [2.45, 2.75) is 45.6 Å². The van der Waals surface area contributed by atoms with Crippen molar-refractivity contribution in [2.75, 3.05) is 6.61 Å². The molecule has 6 nitrogen and oxygen atoms in total. The molecule has 0 radical (unpaired) electrons. The fourth-order valence-corrected chi connectivity index (χ4v) is 5.04. The first-order valence-electron chi connectivity index (χ1n) is 11.1. The van der Waals surface area contributed by atoms with E-state index in [-0.39, 0.29) is 18.1 Å². The van der Waals surface area contributed by atoms with Crippen molar-refractivity contribution in [3.05, 3.63) is 69.3 Å². The van der Waals surface area contributed by atoms with Crippen molar-refractivity contribution >= 4 is 33.4 Å². The van der Waals surface area contributed by atoms with E-state index in [1.54, 1.807) is 19.1 Å². The van der Waals surface area contributed by atoms with Crippen LogP contribution in [0.4, 0.5) is 0 Å². The Labute approximate surface area is 201 Å². The van der Waals surface area contributed by atoms with E-state index >= 15 is 0 Å². The number of carbonyl (C=O) groups is 2. The van der Waals surface area contributed by atoms with E-state index in [9.17, 15) is 14.7 Å². The molecule has 0 bridgehead atoms. The summed E-state index contributed by atoms with van der Waals surface area (Å²) in [7, 11) is 0. The number of fused-ring (bicyclic) bond motifs is 1. The monoisotopic (exact) mass is 511 g/mol. The zero-order valence-electron chi connectivity index (χ0n) is 18.6. The normalized spacial score (nSPS) is 20.2. The van der Waals surface area contributed by atoms with Gasteiger partial charge >= 0.3 is 5.97 Å². The average molecular weight is 512 g/mol. The van der Waals surface area contributed by atoms with Gasteiger partial charge in [-0.1, -0.05) is 30.3 Å². The number of carbonyl (C=O) groups excluding carboxylic acids is 2. The van der Waals surface area contributed by atoms with E-state index in [2.05, 4.69) is 20.9 Å². The second-order valence-electron chi connectivity index (χ2n) is 8.22. The van der Waals surface area contributed by atoms with Gasteiger partial charge in [-0.15, -0.1) is 0 Å². The highest BCUT2D eigenvalue weighted by molar-refractivity contribution is 9.10. The number of aliphatic imine (C=N–C) groups is 1. The summed E-state index contributed by atoms with van der Waals surface area (Å²) in [6.07, 6.45) is 1.92. The molecule has 1 heterocycles. The van der Waals surface area contributed by atoms with E-state index in [0.717, 1.165) is 17.7 Å². The molecule has 2 aromatic rings. The number of rotatable bonds is 6. The Balaban J connectivity index is 1.77. The highest BCUT2D eigenvalue weighted by atomic mass is 79.9. The Kier molecular flexibility index (Phi) is 6.98. The molecule has 7 heteroatoms. The highest BCUT2D eigenvalue weighted by Gasteiger charge is 2.44. The number of Topliss-reactive ketones (excluding diaryl/α,β-unsaturated/α-hetero) is 1. The molecular weight excluding hydrogens is 486 g/mol. The van der Waals surface area contributed by atoms with Crippen LogP contribution in [-0.4, -0.2) is 29.2 Å². The van der Waals surface area contributed by atoms with Gasteiger partial charge in [-0.2, -0.15) is 0 Å². The third-order valence-corrected chi connectivity index (χ3v) is 6.65. The zero-order valence-corrected chi connectivity index (χ0v) is 20.2. The smallest absolute Gasteiger partial charge is 0.336 e. The molecule has 4 rings (SSSR count). The third-order valence-electron chi connectivity index (χ3n) is 6.05. The molecule has 0 amide bonds. The van der Waals surface area contributed by atoms with Crippen molar-refractivity contribution in [3.63, 3.8) is 0 Å². The second kappa shape index (κ2) is 9.91. The van der Waals surface area contributed by atoms with Gasteiger partial charge in [0.1, 0.15) is 12.4 Å². The van der Waals surface area contributed by atoms with E-state index in [4.69, 9.17) is 9.47 Å². The van der Waals surface area contributed by atoms with Crippen LogP contribution in [0, 0.1) is 5.92 Å². The first-order valence-corrected chi connectivity index (χ1v) is 11.9. The van der Waals surface area contributed by atoms with Gasteiger partial charge in [0.25, 0.3) is 0 Å². The van der Waals surface area contributed by atoms with Gasteiger partial charge in [0, 0.05) is 23.7 Å². The first kappa shape index (κ1) is 23.2. The van der Waals surface area contributed by atoms with Crippen LogP contribution in [0.2, 0.25) is 0 Å². The molecule has 2 aliphatic rings. The average Bonchev–Trinajstić information content (AvgIpc) is 2.80. The first-order chi connectivity index (χ1) is 15.9. The second-order valence-corrected chi connectivity index (χ2v) is 9.08. The number of aromatic hydroxyl groups is 1. The largest absolute Gasteiger partial charge is 0.503 e. The summed E-state index contributed by atoms with van der Waals surface area (Å²) in [6.45, 7) is 4.10. The summed E-state index contributed by atoms with van der Waals surface area (Å²) < 4.78 is 11.7. The quantitative estimate of drug-likeness (QED) is 0.519. The molecule has 2 aromatic carbocycles. The van der Waals surface area contributed by atoms with E-state index in [0.29, 0.717) is 46.5 Å². The molecule has 1 fully saturated rings. The van der Waals surface area contributed by atoms with Gasteiger partial charge in [0.2, 0.25) is 0 Å². The molecule has 1 aliphatic heterocycles. The molecule has 0 saturated heterocycles. The molecule has 2 atom stereocenters. The lowest BCUT2D eigenvalue weighted by Gasteiger charge is -2.35. The van der Waals surface area contributed by atoms with Crippen LogP contribution in [0.3, 0.4) is 0 Å². The van der Waals surface area contributed by atoms with Gasteiger partial charge in [-0.05, 0) is 65.9 Å². The Morgan fingerprint density at radius 1 is 1.18 bits per heavy atom. The molecule has 0 spiro atoms. The molecule has 1 N–H and O–H groups in total. The summed E-state index contributed by atoms with van der Waals surface area (Å²) in [4.78, 5) is 31.1. The molecular formula is C26H26BrNO5. The van der Waals surface area contributed by atoms with Gasteiger partial charge in [0.05, 0.1) is 22.6 Å². The summed E-state index contributed by atoms with van der Waals surface area (Å²) >= 11 is 3.39.